The number of para-hydroxylation sites is 1. The standard InChI is InChI=1S/C18H22N4O3/c23-16-8-4-7-14(16)15-11-25-10-9-21(15)18(24)17-19-12-22(20-17)13-5-2-1-3-6-13/h1-3,5-6,12,14-16,23H,4,7-11H2/t14-,15+,16-/m0/s1. The molecule has 2 heterocycles. The molecule has 1 aromatic carbocycles. The zero-order valence-electron chi connectivity index (χ0n) is 14.0. The predicted molar refractivity (Wildman–Crippen MR) is 90.4 cm³/mol. The third-order valence-electron chi connectivity index (χ3n) is 5.16. The van der Waals surface area contributed by atoms with Gasteiger partial charge in [-0.05, 0) is 25.0 Å². The van der Waals surface area contributed by atoms with Gasteiger partial charge >= 0.3 is 0 Å². The number of rotatable bonds is 3. The van der Waals surface area contributed by atoms with Crippen LogP contribution in [0.2, 0.25) is 0 Å². The van der Waals surface area contributed by atoms with Crippen LogP contribution in [0.5, 0.6) is 0 Å². The van der Waals surface area contributed by atoms with Crippen molar-refractivity contribution in [3.8, 4) is 5.69 Å². The minimum atomic E-state index is -0.364. The fourth-order valence-corrected chi connectivity index (χ4v) is 3.84. The highest BCUT2D eigenvalue weighted by Crippen LogP contribution is 2.32. The number of aliphatic hydroxyl groups is 1. The van der Waals surface area contributed by atoms with Gasteiger partial charge in [0.25, 0.3) is 5.91 Å². The highest BCUT2D eigenvalue weighted by atomic mass is 16.5. The van der Waals surface area contributed by atoms with Crippen molar-refractivity contribution in [3.05, 3.63) is 42.5 Å². The van der Waals surface area contributed by atoms with Crippen molar-refractivity contribution in [3.63, 3.8) is 0 Å². The van der Waals surface area contributed by atoms with Crippen LogP contribution in [0.25, 0.3) is 5.69 Å². The van der Waals surface area contributed by atoms with E-state index in [-0.39, 0.29) is 29.8 Å². The summed E-state index contributed by atoms with van der Waals surface area (Å²) in [5.41, 5.74) is 0.860. The van der Waals surface area contributed by atoms with Gasteiger partial charge < -0.3 is 14.7 Å². The lowest BCUT2D eigenvalue weighted by atomic mass is 9.94. The topological polar surface area (TPSA) is 80.5 Å². The van der Waals surface area contributed by atoms with Crippen molar-refractivity contribution in [1.82, 2.24) is 19.7 Å². The second-order valence-corrected chi connectivity index (χ2v) is 6.65. The largest absolute Gasteiger partial charge is 0.393 e. The number of benzene rings is 1. The molecule has 0 unspecified atom stereocenters. The number of hydrogen-bond donors (Lipinski definition) is 1. The summed E-state index contributed by atoms with van der Waals surface area (Å²) < 4.78 is 7.19. The van der Waals surface area contributed by atoms with Gasteiger partial charge in [0.15, 0.2) is 0 Å². The molecule has 2 aromatic rings. The highest BCUT2D eigenvalue weighted by molar-refractivity contribution is 5.90. The zero-order chi connectivity index (χ0) is 17.2. The first-order chi connectivity index (χ1) is 12.2. The van der Waals surface area contributed by atoms with E-state index in [1.165, 1.54) is 0 Å². The highest BCUT2D eigenvalue weighted by Gasteiger charge is 2.40. The van der Waals surface area contributed by atoms with Crippen LogP contribution in [0.4, 0.5) is 0 Å². The van der Waals surface area contributed by atoms with Gasteiger partial charge in [-0.15, -0.1) is 5.10 Å². The molecule has 0 bridgehead atoms. The summed E-state index contributed by atoms with van der Waals surface area (Å²) in [6.07, 6.45) is 3.90. The van der Waals surface area contributed by atoms with Crippen molar-refractivity contribution in [2.45, 2.75) is 31.4 Å². The number of carbonyl (C=O) groups is 1. The van der Waals surface area contributed by atoms with E-state index in [9.17, 15) is 9.90 Å². The number of ether oxygens (including phenoxy) is 1. The summed E-state index contributed by atoms with van der Waals surface area (Å²) in [6, 6.07) is 9.47. The summed E-state index contributed by atoms with van der Waals surface area (Å²) in [5, 5.41) is 14.6. The zero-order valence-corrected chi connectivity index (χ0v) is 14.0. The Kier molecular flexibility index (Phi) is 4.50. The number of amides is 1. The van der Waals surface area contributed by atoms with E-state index in [0.717, 1.165) is 24.9 Å². The Morgan fingerprint density at radius 2 is 2.08 bits per heavy atom. The number of aliphatic hydroxyl groups excluding tert-OH is 1. The van der Waals surface area contributed by atoms with E-state index < -0.39 is 0 Å². The quantitative estimate of drug-likeness (QED) is 0.908. The third kappa shape index (κ3) is 3.17. The van der Waals surface area contributed by atoms with Gasteiger partial charge in [-0.1, -0.05) is 24.6 Å². The molecule has 1 amide bonds. The smallest absolute Gasteiger partial charge is 0.293 e. The number of morpholine rings is 1. The maximum atomic E-state index is 13.0. The molecule has 7 heteroatoms. The second kappa shape index (κ2) is 6.93. The average molecular weight is 342 g/mol. The first kappa shape index (κ1) is 16.2. The van der Waals surface area contributed by atoms with E-state index in [1.54, 1.807) is 15.9 Å². The SMILES string of the molecule is O=C(c1ncn(-c2ccccc2)n1)N1CCOC[C@@H]1[C@@H]1CCC[C@@H]1O. The Balaban J connectivity index is 1.55. The Labute approximate surface area is 146 Å². The van der Waals surface area contributed by atoms with Crippen molar-refractivity contribution in [1.29, 1.82) is 0 Å². The van der Waals surface area contributed by atoms with E-state index in [4.69, 9.17) is 4.74 Å². The van der Waals surface area contributed by atoms with Crippen molar-refractivity contribution in [2.75, 3.05) is 19.8 Å². The predicted octanol–water partition coefficient (Wildman–Crippen LogP) is 1.27. The van der Waals surface area contributed by atoms with Gasteiger partial charge in [0.1, 0.15) is 6.33 Å². The number of hydrogen-bond acceptors (Lipinski definition) is 5. The Morgan fingerprint density at radius 1 is 1.24 bits per heavy atom. The van der Waals surface area contributed by atoms with Crippen LogP contribution in [0.3, 0.4) is 0 Å². The Hall–Kier alpha value is -2.25. The first-order valence-electron chi connectivity index (χ1n) is 8.78. The molecule has 3 atom stereocenters. The Morgan fingerprint density at radius 3 is 2.84 bits per heavy atom. The maximum absolute atomic E-state index is 13.0. The van der Waals surface area contributed by atoms with Crippen molar-refractivity contribution >= 4 is 5.91 Å². The van der Waals surface area contributed by atoms with Gasteiger partial charge in [0.2, 0.25) is 5.82 Å². The Bertz CT molecular complexity index is 733. The van der Waals surface area contributed by atoms with Crippen LogP contribution in [0.15, 0.2) is 36.7 Å². The lowest BCUT2D eigenvalue weighted by Crippen LogP contribution is -2.53. The molecule has 1 aromatic heterocycles. The molecule has 2 aliphatic rings. The monoisotopic (exact) mass is 342 g/mol. The molecule has 132 valence electrons. The van der Waals surface area contributed by atoms with Crippen molar-refractivity contribution < 1.29 is 14.6 Å². The fourth-order valence-electron chi connectivity index (χ4n) is 3.84. The molecule has 7 nitrogen and oxygen atoms in total. The summed E-state index contributed by atoms with van der Waals surface area (Å²) in [4.78, 5) is 19.0. The third-order valence-corrected chi connectivity index (χ3v) is 5.16. The molecule has 2 fully saturated rings. The van der Waals surface area contributed by atoms with Crippen LogP contribution in [-0.4, -0.2) is 62.6 Å². The molecule has 1 aliphatic heterocycles. The number of aromatic nitrogens is 3. The van der Waals surface area contributed by atoms with E-state index in [1.807, 2.05) is 30.3 Å². The maximum Gasteiger partial charge on any atom is 0.293 e. The molecule has 1 saturated carbocycles. The van der Waals surface area contributed by atoms with E-state index in [2.05, 4.69) is 10.1 Å². The summed E-state index contributed by atoms with van der Waals surface area (Å²) in [5.74, 6) is 0.0609. The summed E-state index contributed by atoms with van der Waals surface area (Å²) >= 11 is 0. The molecule has 4 rings (SSSR count). The van der Waals surface area contributed by atoms with E-state index in [0.29, 0.717) is 19.8 Å². The molecule has 25 heavy (non-hydrogen) atoms. The van der Waals surface area contributed by atoms with Crippen molar-refractivity contribution in [2.24, 2.45) is 5.92 Å². The van der Waals surface area contributed by atoms with Crippen LogP contribution in [0.1, 0.15) is 29.9 Å². The van der Waals surface area contributed by atoms with Gasteiger partial charge in [-0.2, -0.15) is 0 Å². The van der Waals surface area contributed by atoms with Gasteiger partial charge in [0, 0.05) is 12.5 Å². The van der Waals surface area contributed by atoms with Gasteiger partial charge in [0.05, 0.1) is 31.0 Å². The molecule has 0 radical (unpaired) electrons. The summed E-state index contributed by atoms with van der Waals surface area (Å²) in [6.45, 7) is 1.48. The minimum Gasteiger partial charge on any atom is -0.393 e. The van der Waals surface area contributed by atoms with Crippen LogP contribution in [0, 0.1) is 5.92 Å². The molecule has 1 aliphatic carbocycles. The molecular formula is C18H22N4O3. The fraction of sp³-hybridized carbons (Fsp3) is 0.500. The number of nitrogens with zero attached hydrogens (tertiary/aromatic N) is 4. The van der Waals surface area contributed by atoms with Gasteiger partial charge in [-0.3, -0.25) is 4.79 Å². The van der Waals surface area contributed by atoms with E-state index >= 15 is 0 Å². The second-order valence-electron chi connectivity index (χ2n) is 6.65. The molecular weight excluding hydrogens is 320 g/mol. The van der Waals surface area contributed by atoms with Crippen LogP contribution < -0.4 is 0 Å². The number of carbonyl (C=O) groups excluding carboxylic acids is 1. The molecule has 1 N–H and O–H groups in total. The first-order valence-corrected chi connectivity index (χ1v) is 8.78. The van der Waals surface area contributed by atoms with Gasteiger partial charge in [-0.25, -0.2) is 9.67 Å². The van der Waals surface area contributed by atoms with Crippen LogP contribution >= 0.6 is 0 Å². The normalized spacial score (nSPS) is 26.8. The van der Waals surface area contributed by atoms with Crippen LogP contribution in [-0.2, 0) is 4.74 Å². The lowest BCUT2D eigenvalue weighted by Gasteiger charge is -2.39. The lowest BCUT2D eigenvalue weighted by molar-refractivity contribution is -0.0387. The molecule has 0 spiro atoms. The summed E-state index contributed by atoms with van der Waals surface area (Å²) in [7, 11) is 0. The minimum absolute atomic E-state index is 0.0699. The molecule has 1 saturated heterocycles. The average Bonchev–Trinajstić information content (AvgIpc) is 3.31.